The summed E-state index contributed by atoms with van der Waals surface area (Å²) in [6.45, 7) is 6.94. The van der Waals surface area contributed by atoms with Crippen LogP contribution in [0.2, 0.25) is 0 Å². The molecule has 3 unspecified atom stereocenters. The van der Waals surface area contributed by atoms with E-state index in [0.717, 1.165) is 18.4 Å². The summed E-state index contributed by atoms with van der Waals surface area (Å²) < 4.78 is 36.5. The van der Waals surface area contributed by atoms with Crippen LogP contribution in [-0.4, -0.2) is 60.9 Å². The number of ether oxygens (including phenoxy) is 1. The van der Waals surface area contributed by atoms with Gasteiger partial charge >= 0.3 is 12.0 Å². The minimum Gasteiger partial charge on any atom is -0.439 e. The highest BCUT2D eigenvalue weighted by Gasteiger charge is 2.46. The van der Waals surface area contributed by atoms with E-state index in [4.69, 9.17) is 4.74 Å². The molecule has 0 bridgehead atoms. The van der Waals surface area contributed by atoms with E-state index in [1.807, 2.05) is 6.07 Å². The first-order valence-corrected chi connectivity index (χ1v) is 15.8. The van der Waals surface area contributed by atoms with Crippen molar-refractivity contribution in [2.45, 2.75) is 83.9 Å². The molecule has 46 heavy (non-hydrogen) atoms. The standard InChI is InChI=1S/C31H36F2N4O6.C3H8/c1-18(2)27(31(32,33)22-10-6-9-20(15-22)19-7-4-3-5-8-19)43-30(42)35-17-25(38)37-24(16-21-13-14-34-28(21)40)26(39)29(41)36-23-11-12-23;1-3-2/h3-10,15,18,21,23-24,27H,11-14,16-17H2,1-2H3,(H,34,40)(H,35,42)(H,36,41)(H,37,38);3H2,1-2H3. The SMILES string of the molecule is CC(C)C(OC(=O)NCC(=O)NC(CC1CCNC1=O)C(=O)C(=O)NC1CC1)C(F)(F)c1cccc(-c2ccccc2)c1.CCC. The summed E-state index contributed by atoms with van der Waals surface area (Å²) >= 11 is 0. The van der Waals surface area contributed by atoms with Crippen molar-refractivity contribution in [1.29, 1.82) is 0 Å². The lowest BCUT2D eigenvalue weighted by atomic mass is 9.92. The molecule has 1 aliphatic carbocycles. The molecule has 0 aromatic heterocycles. The van der Waals surface area contributed by atoms with Crippen molar-refractivity contribution in [1.82, 2.24) is 21.3 Å². The highest BCUT2D eigenvalue weighted by molar-refractivity contribution is 6.38. The average molecular weight is 643 g/mol. The zero-order valence-electron chi connectivity index (χ0n) is 26.7. The van der Waals surface area contributed by atoms with Crippen molar-refractivity contribution in [2.75, 3.05) is 13.1 Å². The zero-order valence-corrected chi connectivity index (χ0v) is 26.7. The number of hydrogen-bond acceptors (Lipinski definition) is 6. The van der Waals surface area contributed by atoms with E-state index in [-0.39, 0.29) is 23.9 Å². The number of alkyl carbamates (subject to hydrolysis) is 1. The smallest absolute Gasteiger partial charge is 0.408 e. The molecule has 250 valence electrons. The highest BCUT2D eigenvalue weighted by Crippen LogP contribution is 2.38. The summed E-state index contributed by atoms with van der Waals surface area (Å²) in [5, 5.41) is 9.76. The molecular weight excluding hydrogens is 598 g/mol. The molecule has 3 atom stereocenters. The van der Waals surface area contributed by atoms with Crippen LogP contribution in [0.4, 0.5) is 13.6 Å². The number of halogens is 2. The molecule has 12 heteroatoms. The molecule has 1 saturated carbocycles. The topological polar surface area (TPSA) is 143 Å². The maximum atomic E-state index is 15.7. The summed E-state index contributed by atoms with van der Waals surface area (Å²) in [5.74, 6) is -7.83. The fraction of sp³-hybridized carbons (Fsp3) is 0.500. The predicted molar refractivity (Wildman–Crippen MR) is 169 cm³/mol. The van der Waals surface area contributed by atoms with Gasteiger partial charge in [-0.3, -0.25) is 19.2 Å². The zero-order chi connectivity index (χ0) is 33.9. The molecular formula is C34H44F2N4O6. The van der Waals surface area contributed by atoms with Gasteiger partial charge in [-0.25, -0.2) is 4.79 Å². The third kappa shape index (κ3) is 10.3. The van der Waals surface area contributed by atoms with Crippen LogP contribution in [0.1, 0.15) is 65.4 Å². The Hall–Kier alpha value is -4.35. The molecule has 2 aliphatic rings. The first-order chi connectivity index (χ1) is 21.9. The second-order valence-corrected chi connectivity index (χ2v) is 11.9. The van der Waals surface area contributed by atoms with E-state index in [2.05, 4.69) is 35.1 Å². The number of Topliss-reactive ketones (excluding diaryl/α,β-unsaturated/α-hetero) is 1. The minimum absolute atomic E-state index is 0.0909. The van der Waals surface area contributed by atoms with Gasteiger partial charge < -0.3 is 26.0 Å². The fourth-order valence-electron chi connectivity index (χ4n) is 4.91. The van der Waals surface area contributed by atoms with Crippen molar-refractivity contribution < 1.29 is 37.5 Å². The molecule has 4 amide bonds. The quantitative estimate of drug-likeness (QED) is 0.238. The summed E-state index contributed by atoms with van der Waals surface area (Å²) in [6, 6.07) is 13.4. The maximum Gasteiger partial charge on any atom is 0.408 e. The van der Waals surface area contributed by atoms with Crippen LogP contribution in [0.25, 0.3) is 11.1 Å². The predicted octanol–water partition coefficient (Wildman–Crippen LogP) is 4.47. The number of carbonyl (C=O) groups is 5. The minimum atomic E-state index is -3.56. The second-order valence-electron chi connectivity index (χ2n) is 11.9. The van der Waals surface area contributed by atoms with Gasteiger partial charge in [-0.2, -0.15) is 8.78 Å². The number of alkyl halides is 2. The molecule has 2 aromatic carbocycles. The van der Waals surface area contributed by atoms with Gasteiger partial charge in [0.25, 0.3) is 5.91 Å². The molecule has 0 spiro atoms. The average Bonchev–Trinajstić information content (AvgIpc) is 3.76. The first-order valence-electron chi connectivity index (χ1n) is 15.8. The van der Waals surface area contributed by atoms with E-state index in [1.165, 1.54) is 38.5 Å². The monoisotopic (exact) mass is 642 g/mol. The van der Waals surface area contributed by atoms with E-state index in [0.29, 0.717) is 18.5 Å². The molecule has 2 aromatic rings. The van der Waals surface area contributed by atoms with Gasteiger partial charge in [-0.15, -0.1) is 0 Å². The lowest BCUT2D eigenvalue weighted by molar-refractivity contribution is -0.140. The van der Waals surface area contributed by atoms with Crippen molar-refractivity contribution in [2.24, 2.45) is 11.8 Å². The van der Waals surface area contributed by atoms with Crippen molar-refractivity contribution in [3.05, 3.63) is 60.2 Å². The second kappa shape index (κ2) is 16.8. The number of rotatable bonds is 13. The van der Waals surface area contributed by atoms with Crippen LogP contribution in [0.3, 0.4) is 0 Å². The molecule has 1 saturated heterocycles. The van der Waals surface area contributed by atoms with Crippen LogP contribution in [0.5, 0.6) is 0 Å². The summed E-state index contributed by atoms with van der Waals surface area (Å²) in [4.78, 5) is 62.5. The molecule has 2 fully saturated rings. The van der Waals surface area contributed by atoms with Gasteiger partial charge in [-0.1, -0.05) is 82.6 Å². The molecule has 0 radical (unpaired) electrons. The number of benzene rings is 2. The van der Waals surface area contributed by atoms with Crippen molar-refractivity contribution >= 4 is 29.6 Å². The van der Waals surface area contributed by atoms with Crippen LogP contribution in [0.15, 0.2) is 54.6 Å². The number of nitrogens with one attached hydrogen (secondary N) is 4. The Kier molecular flexibility index (Phi) is 13.2. The van der Waals surface area contributed by atoms with Crippen LogP contribution in [0, 0.1) is 11.8 Å². The Morgan fingerprint density at radius 1 is 0.978 bits per heavy atom. The van der Waals surface area contributed by atoms with Gasteiger partial charge in [0.05, 0.1) is 6.04 Å². The first kappa shape index (κ1) is 36.1. The number of ketones is 1. The van der Waals surface area contributed by atoms with Gasteiger partial charge in [0.15, 0.2) is 6.10 Å². The number of carbonyl (C=O) groups excluding carboxylic acids is 5. The molecule has 10 nitrogen and oxygen atoms in total. The molecule has 4 N–H and O–H groups in total. The normalized spacial score (nSPS) is 17.1. The van der Waals surface area contributed by atoms with Crippen LogP contribution < -0.4 is 21.3 Å². The van der Waals surface area contributed by atoms with Gasteiger partial charge in [0.2, 0.25) is 17.6 Å². The Labute approximate surface area is 268 Å². The van der Waals surface area contributed by atoms with Gasteiger partial charge in [-0.05, 0) is 48.8 Å². The van der Waals surface area contributed by atoms with Crippen molar-refractivity contribution in [3.8, 4) is 11.1 Å². The highest BCUT2D eigenvalue weighted by atomic mass is 19.3. The summed E-state index contributed by atoms with van der Waals surface area (Å²) in [7, 11) is 0. The van der Waals surface area contributed by atoms with Crippen LogP contribution in [-0.2, 0) is 29.8 Å². The Bertz CT molecular complexity index is 1370. The Morgan fingerprint density at radius 2 is 1.63 bits per heavy atom. The lowest BCUT2D eigenvalue weighted by Crippen LogP contribution is -2.51. The van der Waals surface area contributed by atoms with Crippen molar-refractivity contribution in [3.63, 3.8) is 0 Å². The van der Waals surface area contributed by atoms with E-state index < -0.39 is 60.1 Å². The third-order valence-electron chi connectivity index (χ3n) is 7.42. The fourth-order valence-corrected chi connectivity index (χ4v) is 4.91. The number of amides is 4. The van der Waals surface area contributed by atoms with E-state index in [1.54, 1.807) is 30.3 Å². The summed E-state index contributed by atoms with van der Waals surface area (Å²) in [5.41, 5.74) is 0.993. The Morgan fingerprint density at radius 3 is 2.22 bits per heavy atom. The number of hydrogen-bond donors (Lipinski definition) is 4. The van der Waals surface area contributed by atoms with E-state index in [9.17, 15) is 24.0 Å². The molecule has 4 rings (SSSR count). The molecule has 1 aliphatic heterocycles. The molecule has 1 heterocycles. The lowest BCUT2D eigenvalue weighted by Gasteiger charge is -2.30. The van der Waals surface area contributed by atoms with Gasteiger partial charge in [0, 0.05) is 24.1 Å². The van der Waals surface area contributed by atoms with Crippen LogP contribution >= 0.6 is 0 Å². The largest absolute Gasteiger partial charge is 0.439 e. The van der Waals surface area contributed by atoms with Gasteiger partial charge in [0.1, 0.15) is 6.54 Å². The Balaban J connectivity index is 0.00000185. The third-order valence-corrected chi connectivity index (χ3v) is 7.42. The van der Waals surface area contributed by atoms with E-state index >= 15 is 8.78 Å². The summed E-state index contributed by atoms with van der Waals surface area (Å²) in [6.07, 6.45) is -0.0148. The maximum absolute atomic E-state index is 15.7.